The van der Waals surface area contributed by atoms with Crippen LogP contribution in [0.1, 0.15) is 5.56 Å². The Bertz CT molecular complexity index is 1120. The highest BCUT2D eigenvalue weighted by atomic mass is 35.5. The molecule has 9 heteroatoms. The van der Waals surface area contributed by atoms with E-state index in [4.69, 9.17) is 31.9 Å². The zero-order valence-corrected chi connectivity index (χ0v) is 17.2. The Labute approximate surface area is 181 Å². The van der Waals surface area contributed by atoms with E-state index in [9.17, 15) is 9.90 Å². The summed E-state index contributed by atoms with van der Waals surface area (Å²) < 4.78 is 16.2. The quantitative estimate of drug-likeness (QED) is 0.306. The molecule has 0 aliphatic heterocycles. The van der Waals surface area contributed by atoms with Gasteiger partial charge in [0.1, 0.15) is 23.0 Å². The van der Waals surface area contributed by atoms with Gasteiger partial charge in [-0.15, -0.1) is 16.6 Å². The third kappa shape index (κ3) is 5.35. The number of carbonyl (C=O) groups is 1. The zero-order chi connectivity index (χ0) is 21.5. The van der Waals surface area contributed by atoms with Gasteiger partial charge < -0.3 is 19.0 Å². The summed E-state index contributed by atoms with van der Waals surface area (Å²) in [6.45, 7) is 0.155. The number of hydrogen-bond donors (Lipinski definition) is 1. The number of methoxy groups -OCH3 is 1. The molecule has 30 heavy (non-hydrogen) atoms. The molecule has 0 bridgehead atoms. The van der Waals surface area contributed by atoms with Crippen LogP contribution in [-0.4, -0.2) is 35.0 Å². The number of nitrogens with zero attached hydrogens (tertiary/aromatic N) is 2. The van der Waals surface area contributed by atoms with E-state index in [1.165, 1.54) is 13.2 Å². The monoisotopic (exact) mass is 442 g/mol. The van der Waals surface area contributed by atoms with Crippen LogP contribution in [-0.2, 0) is 4.79 Å². The van der Waals surface area contributed by atoms with Gasteiger partial charge in [-0.2, -0.15) is 0 Å². The Morgan fingerprint density at radius 1 is 1.30 bits per heavy atom. The lowest BCUT2D eigenvalue weighted by Crippen LogP contribution is -1.97. The number of thioether (sulfide) groups is 1. The lowest BCUT2D eigenvalue weighted by Gasteiger charge is -2.05. The van der Waals surface area contributed by atoms with Crippen molar-refractivity contribution in [2.75, 3.05) is 13.7 Å². The number of hydrogen-bond acceptors (Lipinski definition) is 7. The topological polar surface area (TPSA) is 94.7 Å². The van der Waals surface area contributed by atoms with Crippen LogP contribution in [0.3, 0.4) is 0 Å². The molecule has 0 aliphatic carbocycles. The second-order valence-corrected chi connectivity index (χ2v) is 7.12. The van der Waals surface area contributed by atoms with Crippen molar-refractivity contribution in [2.45, 2.75) is 5.22 Å². The van der Waals surface area contributed by atoms with E-state index in [1.54, 1.807) is 42.5 Å². The minimum Gasteiger partial charge on any atom is -0.496 e. The predicted octanol–water partition coefficient (Wildman–Crippen LogP) is 4.63. The van der Waals surface area contributed by atoms with E-state index in [0.29, 0.717) is 27.6 Å². The molecule has 1 heterocycles. The second-order valence-electron chi connectivity index (χ2n) is 5.70. The Morgan fingerprint density at radius 2 is 2.07 bits per heavy atom. The number of carboxylic acids is 1. The van der Waals surface area contributed by atoms with Crippen molar-refractivity contribution in [3.63, 3.8) is 0 Å². The molecule has 0 radical (unpaired) electrons. The maximum atomic E-state index is 11.7. The molecule has 152 valence electrons. The Balaban J connectivity index is 1.81. The van der Waals surface area contributed by atoms with Crippen LogP contribution < -0.4 is 9.47 Å². The highest BCUT2D eigenvalue weighted by Gasteiger charge is 2.18. The van der Waals surface area contributed by atoms with Crippen molar-refractivity contribution >= 4 is 35.4 Å². The lowest BCUT2D eigenvalue weighted by atomic mass is 10.2. The van der Waals surface area contributed by atoms with Gasteiger partial charge in [-0.05, 0) is 53.7 Å². The average molecular weight is 443 g/mol. The van der Waals surface area contributed by atoms with Crippen molar-refractivity contribution < 1.29 is 23.8 Å². The van der Waals surface area contributed by atoms with Gasteiger partial charge in [0.15, 0.2) is 0 Å². The zero-order valence-electron chi connectivity index (χ0n) is 15.7. The highest BCUT2D eigenvalue weighted by Crippen LogP contribution is 2.35. The smallest absolute Gasteiger partial charge is 0.342 e. The summed E-state index contributed by atoms with van der Waals surface area (Å²) in [5.74, 6) is 2.50. The van der Waals surface area contributed by atoms with E-state index < -0.39 is 5.97 Å². The van der Waals surface area contributed by atoms with Crippen LogP contribution in [0.5, 0.6) is 11.5 Å². The van der Waals surface area contributed by atoms with Gasteiger partial charge in [0.05, 0.1) is 12.7 Å². The fourth-order valence-corrected chi connectivity index (χ4v) is 3.22. The lowest BCUT2D eigenvalue weighted by molar-refractivity contribution is -0.131. The number of aromatic nitrogens is 2. The summed E-state index contributed by atoms with van der Waals surface area (Å²) in [4.78, 5) is 11.7. The Hall–Kier alpha value is -3.41. The predicted molar refractivity (Wildman–Crippen MR) is 114 cm³/mol. The maximum Gasteiger partial charge on any atom is 0.342 e. The van der Waals surface area contributed by atoms with Crippen LogP contribution >= 0.6 is 23.4 Å². The molecule has 0 amide bonds. The number of halogens is 1. The van der Waals surface area contributed by atoms with E-state index in [2.05, 4.69) is 16.1 Å². The van der Waals surface area contributed by atoms with Gasteiger partial charge in [-0.3, -0.25) is 0 Å². The summed E-state index contributed by atoms with van der Waals surface area (Å²) in [6.07, 6.45) is 6.64. The van der Waals surface area contributed by atoms with E-state index in [0.717, 1.165) is 11.8 Å². The summed E-state index contributed by atoms with van der Waals surface area (Å²) in [6, 6.07) is 11.8. The molecule has 0 saturated carbocycles. The van der Waals surface area contributed by atoms with E-state index in [1.807, 2.05) is 0 Å². The molecular weight excluding hydrogens is 428 g/mol. The molecule has 0 unspecified atom stereocenters. The molecule has 3 rings (SSSR count). The highest BCUT2D eigenvalue weighted by molar-refractivity contribution is 8.03. The van der Waals surface area contributed by atoms with E-state index in [-0.39, 0.29) is 22.6 Å². The normalized spacial score (nSPS) is 11.0. The molecule has 7 nitrogen and oxygen atoms in total. The SMILES string of the molecule is C#CCOc1ccc(/C=C(\Sc2nnc(-c3cc(Cl)ccc3OC)o2)C(=O)O)cc1. The van der Waals surface area contributed by atoms with Crippen LogP contribution in [0, 0.1) is 12.3 Å². The molecule has 1 aromatic heterocycles. The fraction of sp³-hybridized carbons (Fsp3) is 0.0952. The fourth-order valence-electron chi connectivity index (χ4n) is 2.37. The third-order valence-electron chi connectivity index (χ3n) is 3.71. The summed E-state index contributed by atoms with van der Waals surface area (Å²) in [7, 11) is 1.51. The molecule has 3 aromatic rings. The van der Waals surface area contributed by atoms with Gasteiger partial charge in [0.2, 0.25) is 0 Å². The van der Waals surface area contributed by atoms with Crippen molar-refractivity contribution in [1.29, 1.82) is 0 Å². The molecule has 0 fully saturated rings. The van der Waals surface area contributed by atoms with Crippen molar-refractivity contribution in [3.05, 3.63) is 58.0 Å². The number of benzene rings is 2. The molecule has 0 atom stereocenters. The van der Waals surface area contributed by atoms with Crippen LogP contribution in [0.2, 0.25) is 5.02 Å². The molecule has 2 aromatic carbocycles. The van der Waals surface area contributed by atoms with Crippen LogP contribution in [0.4, 0.5) is 0 Å². The first kappa shape index (κ1) is 21.3. The van der Waals surface area contributed by atoms with Gasteiger partial charge in [-0.1, -0.05) is 29.7 Å². The van der Waals surface area contributed by atoms with Crippen molar-refractivity contribution in [1.82, 2.24) is 10.2 Å². The largest absolute Gasteiger partial charge is 0.496 e. The minimum absolute atomic E-state index is 0.000511. The van der Waals surface area contributed by atoms with E-state index >= 15 is 0 Å². The molecule has 0 saturated heterocycles. The van der Waals surface area contributed by atoms with Gasteiger partial charge in [-0.25, -0.2) is 4.79 Å². The molecular formula is C21H15ClN2O5S. The van der Waals surface area contributed by atoms with Gasteiger partial charge >= 0.3 is 5.97 Å². The summed E-state index contributed by atoms with van der Waals surface area (Å²) in [5.41, 5.74) is 1.16. The first-order valence-corrected chi connectivity index (χ1v) is 9.66. The number of rotatable bonds is 8. The number of ether oxygens (including phenoxy) is 2. The maximum absolute atomic E-state index is 11.7. The first-order chi connectivity index (χ1) is 14.5. The minimum atomic E-state index is -1.13. The second kappa shape index (κ2) is 9.87. The van der Waals surface area contributed by atoms with Crippen molar-refractivity contribution in [3.8, 4) is 35.3 Å². The van der Waals surface area contributed by atoms with Crippen LogP contribution in [0.15, 0.2) is 57.0 Å². The number of carboxylic acid groups (broad SMARTS) is 1. The molecule has 0 aliphatic rings. The molecule has 1 N–H and O–H groups in total. The van der Waals surface area contributed by atoms with Gasteiger partial charge in [0, 0.05) is 5.02 Å². The molecule has 0 spiro atoms. The summed E-state index contributed by atoms with van der Waals surface area (Å²) in [5, 5.41) is 18.0. The summed E-state index contributed by atoms with van der Waals surface area (Å²) >= 11 is 6.86. The number of aliphatic carboxylic acids is 1. The Kier molecular flexibility index (Phi) is 7.01. The van der Waals surface area contributed by atoms with Crippen molar-refractivity contribution in [2.24, 2.45) is 0 Å². The average Bonchev–Trinajstić information content (AvgIpc) is 3.21. The van der Waals surface area contributed by atoms with Crippen LogP contribution in [0.25, 0.3) is 17.5 Å². The first-order valence-electron chi connectivity index (χ1n) is 8.46. The van der Waals surface area contributed by atoms with Gasteiger partial charge in [0.25, 0.3) is 11.1 Å². The Morgan fingerprint density at radius 3 is 2.73 bits per heavy atom. The standard InChI is InChI=1S/C21H15ClN2O5S/c1-3-10-28-15-7-4-13(5-8-15)11-18(20(25)26)30-21-24-23-19(29-21)16-12-14(22)6-9-17(16)27-2/h1,4-9,11-12H,10H2,2H3,(H,25,26)/b18-11-. The number of terminal acetylenes is 1. The third-order valence-corrected chi connectivity index (χ3v) is 4.79.